The Morgan fingerprint density at radius 3 is 1.73 bits per heavy atom. The molecule has 0 N–H and O–H groups in total. The lowest BCUT2D eigenvalue weighted by molar-refractivity contribution is 0.766. The van der Waals surface area contributed by atoms with Crippen molar-refractivity contribution in [1.82, 2.24) is 0 Å². The van der Waals surface area contributed by atoms with Crippen molar-refractivity contribution in [3.8, 4) is 0 Å². The van der Waals surface area contributed by atoms with E-state index in [0.717, 1.165) is 11.4 Å². The van der Waals surface area contributed by atoms with Crippen molar-refractivity contribution >= 4 is 12.4 Å². The average molecular weight is 150 g/mol. The van der Waals surface area contributed by atoms with E-state index in [4.69, 9.17) is 0 Å². The SMILES string of the molecule is CC1=C(C)N=CC(C)(C)C=N1. The quantitative estimate of drug-likeness (QED) is 0.506. The van der Waals surface area contributed by atoms with Crippen LogP contribution in [0.15, 0.2) is 21.4 Å². The molecule has 0 spiro atoms. The standard InChI is InChI=1S/C9H14N2/c1-7-8(2)11-6-9(3,4)5-10-7/h5-6H,1-4H3. The normalized spacial score (nSPS) is 22.2. The van der Waals surface area contributed by atoms with E-state index in [0.29, 0.717) is 0 Å². The van der Waals surface area contributed by atoms with E-state index in [1.54, 1.807) is 0 Å². The van der Waals surface area contributed by atoms with Gasteiger partial charge in [0.15, 0.2) is 0 Å². The van der Waals surface area contributed by atoms with Crippen LogP contribution in [0.25, 0.3) is 0 Å². The van der Waals surface area contributed by atoms with Crippen molar-refractivity contribution in [1.29, 1.82) is 0 Å². The lowest BCUT2D eigenvalue weighted by Crippen LogP contribution is -2.13. The first-order valence-electron chi connectivity index (χ1n) is 3.79. The van der Waals surface area contributed by atoms with E-state index in [1.807, 2.05) is 26.3 Å². The van der Waals surface area contributed by atoms with E-state index < -0.39 is 0 Å². The summed E-state index contributed by atoms with van der Waals surface area (Å²) in [6.07, 6.45) is 3.87. The molecular formula is C9H14N2. The maximum absolute atomic E-state index is 4.29. The Morgan fingerprint density at radius 1 is 1.00 bits per heavy atom. The van der Waals surface area contributed by atoms with Crippen molar-refractivity contribution in [2.24, 2.45) is 15.4 Å². The minimum Gasteiger partial charge on any atom is -0.263 e. The predicted molar refractivity (Wildman–Crippen MR) is 49.1 cm³/mol. The Labute approximate surface area is 67.8 Å². The minimum absolute atomic E-state index is 0.000972. The summed E-state index contributed by atoms with van der Waals surface area (Å²) < 4.78 is 0. The Kier molecular flexibility index (Phi) is 1.94. The summed E-state index contributed by atoms with van der Waals surface area (Å²) in [7, 11) is 0. The molecule has 0 aromatic carbocycles. The van der Waals surface area contributed by atoms with Gasteiger partial charge in [-0.1, -0.05) is 0 Å². The van der Waals surface area contributed by atoms with Gasteiger partial charge in [0, 0.05) is 17.8 Å². The summed E-state index contributed by atoms with van der Waals surface area (Å²) in [6.45, 7) is 8.13. The first-order chi connectivity index (χ1) is 5.01. The monoisotopic (exact) mass is 150 g/mol. The van der Waals surface area contributed by atoms with Crippen molar-refractivity contribution in [2.45, 2.75) is 27.7 Å². The van der Waals surface area contributed by atoms with Crippen LogP contribution in [-0.4, -0.2) is 12.4 Å². The zero-order valence-corrected chi connectivity index (χ0v) is 7.55. The molecule has 2 heteroatoms. The van der Waals surface area contributed by atoms with Gasteiger partial charge in [0.2, 0.25) is 0 Å². The molecule has 0 saturated heterocycles. The van der Waals surface area contributed by atoms with E-state index >= 15 is 0 Å². The van der Waals surface area contributed by atoms with Crippen LogP contribution >= 0.6 is 0 Å². The molecule has 1 heterocycles. The summed E-state index contributed by atoms with van der Waals surface area (Å²) in [5, 5.41) is 0. The zero-order valence-electron chi connectivity index (χ0n) is 7.55. The van der Waals surface area contributed by atoms with E-state index in [1.165, 1.54) is 0 Å². The molecule has 2 nitrogen and oxygen atoms in total. The number of rotatable bonds is 0. The van der Waals surface area contributed by atoms with Crippen LogP contribution in [0.1, 0.15) is 27.7 Å². The van der Waals surface area contributed by atoms with Crippen LogP contribution < -0.4 is 0 Å². The number of hydrogen-bond acceptors (Lipinski definition) is 2. The van der Waals surface area contributed by atoms with Crippen LogP contribution in [0.5, 0.6) is 0 Å². The van der Waals surface area contributed by atoms with Gasteiger partial charge in [0.05, 0.1) is 11.4 Å². The summed E-state index contributed by atoms with van der Waals surface area (Å²) in [5.74, 6) is 0. The molecule has 0 aromatic heterocycles. The number of aliphatic imine (C=N–C) groups is 2. The van der Waals surface area contributed by atoms with Crippen molar-refractivity contribution in [3.05, 3.63) is 11.4 Å². The maximum atomic E-state index is 4.29. The van der Waals surface area contributed by atoms with Gasteiger partial charge in [-0.25, -0.2) is 0 Å². The predicted octanol–water partition coefficient (Wildman–Crippen LogP) is 2.42. The van der Waals surface area contributed by atoms with E-state index in [9.17, 15) is 0 Å². The Morgan fingerprint density at radius 2 is 1.36 bits per heavy atom. The van der Waals surface area contributed by atoms with E-state index in [2.05, 4.69) is 23.8 Å². The highest BCUT2D eigenvalue weighted by Crippen LogP contribution is 2.16. The highest BCUT2D eigenvalue weighted by molar-refractivity contribution is 5.89. The molecule has 0 atom stereocenters. The largest absolute Gasteiger partial charge is 0.263 e. The first kappa shape index (κ1) is 8.18. The Hall–Kier alpha value is -0.920. The number of hydrogen-bond donors (Lipinski definition) is 0. The molecule has 0 aromatic rings. The molecular weight excluding hydrogens is 136 g/mol. The highest BCUT2D eigenvalue weighted by Gasteiger charge is 2.13. The second kappa shape index (κ2) is 2.61. The molecule has 1 aliphatic heterocycles. The maximum Gasteiger partial charge on any atom is 0.0580 e. The summed E-state index contributed by atoms with van der Waals surface area (Å²) in [4.78, 5) is 8.57. The molecule has 0 aliphatic carbocycles. The highest BCUT2D eigenvalue weighted by atomic mass is 14.8. The third kappa shape index (κ3) is 2.00. The first-order valence-corrected chi connectivity index (χ1v) is 3.79. The fraction of sp³-hybridized carbons (Fsp3) is 0.556. The fourth-order valence-corrected chi connectivity index (χ4v) is 0.747. The molecule has 1 rings (SSSR count). The van der Waals surface area contributed by atoms with Crippen LogP contribution in [0.2, 0.25) is 0 Å². The molecule has 0 bridgehead atoms. The van der Waals surface area contributed by atoms with Gasteiger partial charge >= 0.3 is 0 Å². The number of allylic oxidation sites excluding steroid dienone is 2. The van der Waals surface area contributed by atoms with Crippen LogP contribution in [0.3, 0.4) is 0 Å². The molecule has 60 valence electrons. The van der Waals surface area contributed by atoms with Gasteiger partial charge in [-0.15, -0.1) is 0 Å². The minimum atomic E-state index is -0.000972. The topological polar surface area (TPSA) is 24.7 Å². The van der Waals surface area contributed by atoms with Gasteiger partial charge < -0.3 is 0 Å². The fourth-order valence-electron chi connectivity index (χ4n) is 0.747. The van der Waals surface area contributed by atoms with Crippen LogP contribution in [0.4, 0.5) is 0 Å². The Balaban J connectivity index is 3.01. The lowest BCUT2D eigenvalue weighted by Gasteiger charge is -2.09. The Bertz CT molecular complexity index is 220. The molecule has 11 heavy (non-hydrogen) atoms. The molecule has 0 amide bonds. The average Bonchev–Trinajstić information content (AvgIpc) is 2.03. The molecule has 1 aliphatic rings. The van der Waals surface area contributed by atoms with Gasteiger partial charge in [-0.3, -0.25) is 9.98 Å². The zero-order chi connectivity index (χ0) is 8.48. The summed E-state index contributed by atoms with van der Waals surface area (Å²) >= 11 is 0. The van der Waals surface area contributed by atoms with Gasteiger partial charge in [-0.05, 0) is 27.7 Å². The second-order valence-corrected chi connectivity index (χ2v) is 3.51. The summed E-state index contributed by atoms with van der Waals surface area (Å²) in [5.41, 5.74) is 2.01. The number of nitrogens with zero attached hydrogens (tertiary/aromatic N) is 2. The smallest absolute Gasteiger partial charge is 0.0580 e. The van der Waals surface area contributed by atoms with Crippen molar-refractivity contribution in [3.63, 3.8) is 0 Å². The lowest BCUT2D eigenvalue weighted by atomic mass is 9.98. The van der Waals surface area contributed by atoms with E-state index in [-0.39, 0.29) is 5.41 Å². The summed E-state index contributed by atoms with van der Waals surface area (Å²) in [6, 6.07) is 0. The third-order valence-corrected chi connectivity index (χ3v) is 1.71. The molecule has 0 unspecified atom stereocenters. The van der Waals surface area contributed by atoms with Gasteiger partial charge in [0.1, 0.15) is 0 Å². The van der Waals surface area contributed by atoms with Crippen LogP contribution in [-0.2, 0) is 0 Å². The third-order valence-electron chi connectivity index (χ3n) is 1.71. The van der Waals surface area contributed by atoms with Gasteiger partial charge in [0.25, 0.3) is 0 Å². The molecule has 0 saturated carbocycles. The van der Waals surface area contributed by atoms with Crippen LogP contribution in [0, 0.1) is 5.41 Å². The second-order valence-electron chi connectivity index (χ2n) is 3.51. The molecule has 0 radical (unpaired) electrons. The molecule has 0 fully saturated rings. The van der Waals surface area contributed by atoms with Gasteiger partial charge in [-0.2, -0.15) is 0 Å². The van der Waals surface area contributed by atoms with Crippen molar-refractivity contribution in [2.75, 3.05) is 0 Å². The van der Waals surface area contributed by atoms with Crippen molar-refractivity contribution < 1.29 is 0 Å².